The standard InChI is InChI=1S/C18H19N3OS2/c1-21-9-7-13(8-10-21)23-18-19-16(22)14-11-15(24-17(14)20-18)12-5-3-2-4-6-12/h2-6,11,13H,7-10H2,1H3,(H,19,20,22). The number of thioether (sulfide) groups is 1. The van der Waals surface area contributed by atoms with E-state index in [1.165, 1.54) is 0 Å². The maximum Gasteiger partial charge on any atom is 0.260 e. The van der Waals surface area contributed by atoms with Gasteiger partial charge in [0.05, 0.1) is 5.39 Å². The molecular formula is C18H19N3OS2. The lowest BCUT2D eigenvalue weighted by Crippen LogP contribution is -2.31. The van der Waals surface area contributed by atoms with Gasteiger partial charge in [-0.05, 0) is 44.6 Å². The lowest BCUT2D eigenvalue weighted by atomic mass is 10.1. The summed E-state index contributed by atoms with van der Waals surface area (Å²) in [6.45, 7) is 2.22. The van der Waals surface area contributed by atoms with Crippen LogP contribution in [0.25, 0.3) is 20.7 Å². The Morgan fingerprint density at radius 2 is 2.00 bits per heavy atom. The fraction of sp³-hybridized carbons (Fsp3) is 0.333. The number of piperidine rings is 1. The van der Waals surface area contributed by atoms with Crippen molar-refractivity contribution in [1.82, 2.24) is 14.9 Å². The minimum atomic E-state index is -0.0335. The Morgan fingerprint density at radius 1 is 1.25 bits per heavy atom. The van der Waals surface area contributed by atoms with Crippen molar-refractivity contribution in [1.29, 1.82) is 0 Å². The molecule has 0 bridgehead atoms. The number of nitrogens with one attached hydrogen (secondary N) is 1. The normalized spacial score (nSPS) is 16.7. The first-order valence-electron chi connectivity index (χ1n) is 8.13. The number of aromatic nitrogens is 2. The van der Waals surface area contributed by atoms with E-state index in [1.54, 1.807) is 23.1 Å². The molecule has 3 aromatic rings. The second kappa shape index (κ2) is 6.70. The average molecular weight is 358 g/mol. The molecule has 0 saturated carbocycles. The fourth-order valence-electron chi connectivity index (χ4n) is 2.97. The average Bonchev–Trinajstić information content (AvgIpc) is 3.03. The molecular weight excluding hydrogens is 338 g/mol. The van der Waals surface area contributed by atoms with Crippen molar-refractivity contribution in [2.24, 2.45) is 0 Å². The molecule has 6 heteroatoms. The largest absolute Gasteiger partial charge is 0.306 e. The monoisotopic (exact) mass is 357 g/mol. The van der Waals surface area contributed by atoms with Gasteiger partial charge in [0.1, 0.15) is 4.83 Å². The first-order chi connectivity index (χ1) is 11.7. The van der Waals surface area contributed by atoms with Gasteiger partial charge in [0.2, 0.25) is 0 Å². The van der Waals surface area contributed by atoms with E-state index >= 15 is 0 Å². The Bertz CT molecular complexity index is 896. The van der Waals surface area contributed by atoms with Crippen LogP contribution >= 0.6 is 23.1 Å². The predicted molar refractivity (Wildman–Crippen MR) is 102 cm³/mol. The number of aromatic amines is 1. The fourth-order valence-corrected chi connectivity index (χ4v) is 5.13. The van der Waals surface area contributed by atoms with E-state index in [4.69, 9.17) is 4.98 Å². The van der Waals surface area contributed by atoms with Crippen LogP contribution in [0.15, 0.2) is 46.3 Å². The third-order valence-electron chi connectivity index (χ3n) is 4.38. The molecule has 1 fully saturated rings. The van der Waals surface area contributed by atoms with Crippen molar-refractivity contribution in [3.05, 3.63) is 46.8 Å². The van der Waals surface area contributed by atoms with Gasteiger partial charge in [-0.25, -0.2) is 4.98 Å². The van der Waals surface area contributed by atoms with Crippen LogP contribution in [0, 0.1) is 0 Å². The molecule has 1 saturated heterocycles. The van der Waals surface area contributed by atoms with Crippen molar-refractivity contribution in [2.45, 2.75) is 23.2 Å². The zero-order valence-corrected chi connectivity index (χ0v) is 15.1. The quantitative estimate of drug-likeness (QED) is 0.724. The van der Waals surface area contributed by atoms with E-state index in [9.17, 15) is 4.79 Å². The topological polar surface area (TPSA) is 49.0 Å². The molecule has 0 aliphatic carbocycles. The lowest BCUT2D eigenvalue weighted by molar-refractivity contribution is 0.282. The molecule has 1 aromatic carbocycles. The molecule has 0 radical (unpaired) electrons. The molecule has 0 spiro atoms. The van der Waals surface area contributed by atoms with Crippen LogP contribution in [-0.4, -0.2) is 40.3 Å². The van der Waals surface area contributed by atoms with Gasteiger partial charge < -0.3 is 9.88 Å². The van der Waals surface area contributed by atoms with Gasteiger partial charge in [-0.2, -0.15) is 0 Å². The Labute approximate surface area is 148 Å². The molecule has 0 unspecified atom stereocenters. The van der Waals surface area contributed by atoms with E-state index in [2.05, 4.69) is 29.1 Å². The first kappa shape index (κ1) is 15.9. The molecule has 4 rings (SSSR count). The smallest absolute Gasteiger partial charge is 0.260 e. The molecule has 2 aromatic heterocycles. The molecule has 0 amide bonds. The Hall–Kier alpha value is -1.63. The Morgan fingerprint density at radius 3 is 2.75 bits per heavy atom. The van der Waals surface area contributed by atoms with Crippen molar-refractivity contribution in [3.63, 3.8) is 0 Å². The zero-order valence-electron chi connectivity index (χ0n) is 13.5. The van der Waals surface area contributed by atoms with E-state index in [0.29, 0.717) is 10.6 Å². The highest BCUT2D eigenvalue weighted by Gasteiger charge is 2.19. The van der Waals surface area contributed by atoms with Gasteiger partial charge in [0.15, 0.2) is 5.16 Å². The highest BCUT2D eigenvalue weighted by Crippen LogP contribution is 2.33. The van der Waals surface area contributed by atoms with Gasteiger partial charge in [-0.15, -0.1) is 11.3 Å². The molecule has 3 heterocycles. The van der Waals surface area contributed by atoms with E-state index < -0.39 is 0 Å². The number of fused-ring (bicyclic) bond motifs is 1. The number of benzene rings is 1. The van der Waals surface area contributed by atoms with Gasteiger partial charge in [-0.1, -0.05) is 42.1 Å². The van der Waals surface area contributed by atoms with Crippen LogP contribution in [-0.2, 0) is 0 Å². The molecule has 24 heavy (non-hydrogen) atoms. The van der Waals surface area contributed by atoms with Crippen LogP contribution in [0.1, 0.15) is 12.8 Å². The van der Waals surface area contributed by atoms with Crippen molar-refractivity contribution >= 4 is 33.3 Å². The van der Waals surface area contributed by atoms with Crippen LogP contribution in [0.2, 0.25) is 0 Å². The molecule has 1 aliphatic heterocycles. The second-order valence-corrected chi connectivity index (χ2v) is 8.51. The van der Waals surface area contributed by atoms with E-state index in [1.807, 2.05) is 24.3 Å². The van der Waals surface area contributed by atoms with E-state index in [-0.39, 0.29) is 5.56 Å². The maximum atomic E-state index is 12.4. The number of likely N-dealkylation sites (tertiary alicyclic amines) is 1. The summed E-state index contributed by atoms with van der Waals surface area (Å²) in [5.41, 5.74) is 1.10. The molecule has 4 nitrogen and oxygen atoms in total. The van der Waals surface area contributed by atoms with E-state index in [0.717, 1.165) is 46.4 Å². The van der Waals surface area contributed by atoms with Crippen LogP contribution in [0.3, 0.4) is 0 Å². The summed E-state index contributed by atoms with van der Waals surface area (Å²) in [6, 6.07) is 12.1. The number of hydrogen-bond donors (Lipinski definition) is 1. The number of H-pyrrole nitrogens is 1. The highest BCUT2D eigenvalue weighted by molar-refractivity contribution is 7.99. The summed E-state index contributed by atoms with van der Waals surface area (Å²) >= 11 is 3.30. The van der Waals surface area contributed by atoms with Crippen molar-refractivity contribution in [2.75, 3.05) is 20.1 Å². The Balaban J connectivity index is 1.63. The zero-order chi connectivity index (χ0) is 16.5. The molecule has 1 aliphatic rings. The number of hydrogen-bond acceptors (Lipinski definition) is 5. The third-order valence-corrected chi connectivity index (χ3v) is 6.68. The summed E-state index contributed by atoms with van der Waals surface area (Å²) in [6.07, 6.45) is 2.28. The number of thiophene rings is 1. The highest BCUT2D eigenvalue weighted by atomic mass is 32.2. The summed E-state index contributed by atoms with van der Waals surface area (Å²) in [4.78, 5) is 24.4. The first-order valence-corrected chi connectivity index (χ1v) is 9.83. The third kappa shape index (κ3) is 3.27. The second-order valence-electron chi connectivity index (χ2n) is 6.19. The van der Waals surface area contributed by atoms with Crippen molar-refractivity contribution < 1.29 is 0 Å². The summed E-state index contributed by atoms with van der Waals surface area (Å²) in [5.74, 6) is 0. The minimum absolute atomic E-state index is 0.0335. The van der Waals surface area contributed by atoms with Crippen LogP contribution in [0.5, 0.6) is 0 Å². The van der Waals surface area contributed by atoms with Gasteiger partial charge >= 0.3 is 0 Å². The van der Waals surface area contributed by atoms with Gasteiger partial charge in [0, 0.05) is 10.1 Å². The number of nitrogens with zero attached hydrogens (tertiary/aromatic N) is 2. The molecule has 0 atom stereocenters. The maximum absolute atomic E-state index is 12.4. The molecule has 1 N–H and O–H groups in total. The van der Waals surface area contributed by atoms with Crippen LogP contribution < -0.4 is 5.56 Å². The molecule has 124 valence electrons. The minimum Gasteiger partial charge on any atom is -0.306 e. The van der Waals surface area contributed by atoms with Crippen LogP contribution in [0.4, 0.5) is 0 Å². The summed E-state index contributed by atoms with van der Waals surface area (Å²) < 4.78 is 0. The number of rotatable bonds is 3. The van der Waals surface area contributed by atoms with Crippen molar-refractivity contribution in [3.8, 4) is 10.4 Å². The predicted octanol–water partition coefficient (Wildman–Crippen LogP) is 3.84. The van der Waals surface area contributed by atoms with Gasteiger partial charge in [-0.3, -0.25) is 4.79 Å². The Kier molecular flexibility index (Phi) is 4.43. The van der Waals surface area contributed by atoms with Gasteiger partial charge in [0.25, 0.3) is 5.56 Å². The summed E-state index contributed by atoms with van der Waals surface area (Å²) in [5, 5.41) is 1.98. The SMILES string of the molecule is CN1CCC(Sc2nc3sc(-c4ccccc4)cc3c(=O)[nH]2)CC1. The summed E-state index contributed by atoms with van der Waals surface area (Å²) in [7, 11) is 2.16. The lowest BCUT2D eigenvalue weighted by Gasteiger charge is -2.27.